The second-order valence-electron chi connectivity index (χ2n) is 5.74. The van der Waals surface area contributed by atoms with Crippen LogP contribution >= 0.6 is 0 Å². The molecule has 1 amide bonds. The Bertz CT molecular complexity index is 744. The summed E-state index contributed by atoms with van der Waals surface area (Å²) in [6.45, 7) is 2.34. The molecule has 1 aliphatic heterocycles. The number of amides is 1. The number of hydrogen-bond donors (Lipinski definition) is 0. The zero-order valence-electron chi connectivity index (χ0n) is 12.7. The van der Waals surface area contributed by atoms with E-state index in [9.17, 15) is 9.59 Å². The Kier molecular flexibility index (Phi) is 3.56. The number of hydrogen-bond acceptors (Lipinski definition) is 4. The zero-order chi connectivity index (χ0) is 15.7. The summed E-state index contributed by atoms with van der Waals surface area (Å²) >= 11 is 0. The molecule has 114 valence electrons. The number of ether oxygens (including phenoxy) is 1. The predicted molar refractivity (Wildman–Crippen MR) is 82.4 cm³/mol. The third-order valence-corrected chi connectivity index (χ3v) is 4.36. The number of esters is 1. The fraction of sp³-hybridized carbons (Fsp3) is 0.353. The number of carbonyl (C=O) groups excluding carboxylic acids is 2. The van der Waals surface area contributed by atoms with Gasteiger partial charge in [0.25, 0.3) is 5.91 Å². The van der Waals surface area contributed by atoms with Crippen molar-refractivity contribution in [3.8, 4) is 0 Å². The lowest BCUT2D eigenvalue weighted by Gasteiger charge is -2.32. The van der Waals surface area contributed by atoms with Crippen LogP contribution in [-0.2, 0) is 9.53 Å². The number of carbonyl (C=O) groups is 2. The number of aromatic nitrogens is 1. The number of likely N-dealkylation sites (tertiary alicyclic amines) is 1. The molecule has 0 saturated carbocycles. The van der Waals surface area contributed by atoms with E-state index in [1.807, 2.05) is 24.3 Å². The third-order valence-electron chi connectivity index (χ3n) is 4.36. The standard InChI is InChI=1S/C17H18N2O3/c1-17(16(21)22-2)8-4-10-19(17)15(20)13-6-7-14-12(11-13)5-3-9-18-14/h3,5-7,9,11H,4,8,10H2,1-2H3/t17-/m0/s1. The van der Waals surface area contributed by atoms with Gasteiger partial charge < -0.3 is 9.64 Å². The van der Waals surface area contributed by atoms with Crippen LogP contribution in [0.15, 0.2) is 36.5 Å². The highest BCUT2D eigenvalue weighted by Crippen LogP contribution is 2.32. The maximum atomic E-state index is 12.8. The first-order chi connectivity index (χ1) is 10.6. The van der Waals surface area contributed by atoms with Gasteiger partial charge in [0.2, 0.25) is 0 Å². The lowest BCUT2D eigenvalue weighted by Crippen LogP contribution is -2.51. The molecule has 2 aromatic rings. The molecule has 1 aromatic heterocycles. The van der Waals surface area contributed by atoms with E-state index in [0.29, 0.717) is 18.5 Å². The van der Waals surface area contributed by atoms with Gasteiger partial charge in [0.05, 0.1) is 12.6 Å². The molecule has 0 radical (unpaired) electrons. The fourth-order valence-electron chi connectivity index (χ4n) is 3.09. The number of benzene rings is 1. The summed E-state index contributed by atoms with van der Waals surface area (Å²) in [4.78, 5) is 30.8. The van der Waals surface area contributed by atoms with Gasteiger partial charge in [-0.15, -0.1) is 0 Å². The van der Waals surface area contributed by atoms with Gasteiger partial charge in [0, 0.05) is 23.7 Å². The molecule has 1 aromatic carbocycles. The highest BCUT2D eigenvalue weighted by atomic mass is 16.5. The molecule has 5 heteroatoms. The fourth-order valence-corrected chi connectivity index (χ4v) is 3.09. The molecule has 2 heterocycles. The molecular formula is C17H18N2O3. The molecule has 3 rings (SSSR count). The van der Waals surface area contributed by atoms with Crippen molar-refractivity contribution in [3.05, 3.63) is 42.1 Å². The predicted octanol–water partition coefficient (Wildman–Crippen LogP) is 2.40. The van der Waals surface area contributed by atoms with Crippen LogP contribution in [0.5, 0.6) is 0 Å². The molecule has 1 fully saturated rings. The monoisotopic (exact) mass is 298 g/mol. The molecule has 0 bridgehead atoms. The van der Waals surface area contributed by atoms with Gasteiger partial charge in [-0.2, -0.15) is 0 Å². The van der Waals surface area contributed by atoms with E-state index in [0.717, 1.165) is 17.3 Å². The maximum Gasteiger partial charge on any atom is 0.331 e. The minimum atomic E-state index is -0.879. The normalized spacial score (nSPS) is 21.1. The molecule has 22 heavy (non-hydrogen) atoms. The van der Waals surface area contributed by atoms with Gasteiger partial charge >= 0.3 is 5.97 Å². The van der Waals surface area contributed by atoms with Gasteiger partial charge in [-0.25, -0.2) is 4.79 Å². The number of nitrogens with zero attached hydrogens (tertiary/aromatic N) is 2. The van der Waals surface area contributed by atoms with E-state index in [-0.39, 0.29) is 11.9 Å². The summed E-state index contributed by atoms with van der Waals surface area (Å²) < 4.78 is 4.88. The van der Waals surface area contributed by atoms with Crippen LogP contribution in [0, 0.1) is 0 Å². The van der Waals surface area contributed by atoms with Gasteiger partial charge in [-0.05, 0) is 44.0 Å². The number of pyridine rings is 1. The Morgan fingerprint density at radius 2 is 2.14 bits per heavy atom. The van der Waals surface area contributed by atoms with Crippen LogP contribution in [0.25, 0.3) is 10.9 Å². The lowest BCUT2D eigenvalue weighted by molar-refractivity contribution is -0.151. The van der Waals surface area contributed by atoms with Crippen LogP contribution in [-0.4, -0.2) is 41.0 Å². The summed E-state index contributed by atoms with van der Waals surface area (Å²) in [5.41, 5.74) is 0.532. The first kappa shape index (κ1) is 14.5. The second kappa shape index (κ2) is 5.40. The number of fused-ring (bicyclic) bond motifs is 1. The van der Waals surface area contributed by atoms with E-state index in [2.05, 4.69) is 4.98 Å². The van der Waals surface area contributed by atoms with Crippen molar-refractivity contribution in [2.75, 3.05) is 13.7 Å². The summed E-state index contributed by atoms with van der Waals surface area (Å²) in [7, 11) is 1.36. The van der Waals surface area contributed by atoms with Crippen LogP contribution in [0.4, 0.5) is 0 Å². The average Bonchev–Trinajstić information content (AvgIpc) is 2.96. The smallest absolute Gasteiger partial charge is 0.331 e. The summed E-state index contributed by atoms with van der Waals surface area (Å²) in [5.74, 6) is -0.503. The molecule has 1 atom stereocenters. The zero-order valence-corrected chi connectivity index (χ0v) is 12.7. The van der Waals surface area contributed by atoms with Crippen LogP contribution in [0.2, 0.25) is 0 Å². The first-order valence-electron chi connectivity index (χ1n) is 7.31. The van der Waals surface area contributed by atoms with Crippen molar-refractivity contribution < 1.29 is 14.3 Å². The van der Waals surface area contributed by atoms with Gasteiger partial charge in [0.15, 0.2) is 0 Å². The van der Waals surface area contributed by atoms with Crippen LogP contribution in [0.1, 0.15) is 30.1 Å². The Labute approximate surface area is 128 Å². The summed E-state index contributed by atoms with van der Waals surface area (Å²) in [6, 6.07) is 9.16. The van der Waals surface area contributed by atoms with E-state index in [1.54, 1.807) is 24.1 Å². The van der Waals surface area contributed by atoms with Gasteiger partial charge in [0.1, 0.15) is 5.54 Å². The maximum absolute atomic E-state index is 12.8. The SMILES string of the molecule is COC(=O)[C@]1(C)CCCN1C(=O)c1ccc2ncccc2c1. The largest absolute Gasteiger partial charge is 0.467 e. The van der Waals surface area contributed by atoms with E-state index in [4.69, 9.17) is 4.74 Å². The minimum absolute atomic E-state index is 0.142. The number of rotatable bonds is 2. The highest BCUT2D eigenvalue weighted by Gasteiger charge is 2.46. The van der Waals surface area contributed by atoms with Crippen molar-refractivity contribution in [3.63, 3.8) is 0 Å². The van der Waals surface area contributed by atoms with Crippen molar-refractivity contribution in [2.45, 2.75) is 25.3 Å². The molecule has 0 spiro atoms. The van der Waals surface area contributed by atoms with Crippen molar-refractivity contribution in [2.24, 2.45) is 0 Å². The topological polar surface area (TPSA) is 59.5 Å². The molecule has 1 saturated heterocycles. The minimum Gasteiger partial charge on any atom is -0.467 e. The molecule has 5 nitrogen and oxygen atoms in total. The van der Waals surface area contributed by atoms with E-state index >= 15 is 0 Å². The molecule has 1 aliphatic rings. The molecule has 0 N–H and O–H groups in total. The van der Waals surface area contributed by atoms with Crippen LogP contribution < -0.4 is 0 Å². The average molecular weight is 298 g/mol. The summed E-state index contributed by atoms with van der Waals surface area (Å²) in [6.07, 6.45) is 3.14. The van der Waals surface area contributed by atoms with Crippen molar-refractivity contribution >= 4 is 22.8 Å². The molecule has 0 aliphatic carbocycles. The Morgan fingerprint density at radius 1 is 1.32 bits per heavy atom. The van der Waals surface area contributed by atoms with E-state index < -0.39 is 5.54 Å². The highest BCUT2D eigenvalue weighted by molar-refractivity contribution is 6.01. The van der Waals surface area contributed by atoms with E-state index in [1.165, 1.54) is 7.11 Å². The number of methoxy groups -OCH3 is 1. The van der Waals surface area contributed by atoms with Crippen molar-refractivity contribution in [1.82, 2.24) is 9.88 Å². The lowest BCUT2D eigenvalue weighted by atomic mass is 9.98. The first-order valence-corrected chi connectivity index (χ1v) is 7.31. The van der Waals surface area contributed by atoms with Crippen molar-refractivity contribution in [1.29, 1.82) is 0 Å². The summed E-state index contributed by atoms with van der Waals surface area (Å²) in [5, 5.41) is 0.910. The second-order valence-corrected chi connectivity index (χ2v) is 5.74. The Hall–Kier alpha value is -2.43. The van der Waals surface area contributed by atoms with Crippen LogP contribution in [0.3, 0.4) is 0 Å². The third kappa shape index (κ3) is 2.22. The molecular weight excluding hydrogens is 280 g/mol. The quantitative estimate of drug-likeness (QED) is 0.799. The Balaban J connectivity index is 1.96. The Morgan fingerprint density at radius 3 is 2.91 bits per heavy atom. The molecule has 0 unspecified atom stereocenters. The van der Waals surface area contributed by atoms with Gasteiger partial charge in [-0.3, -0.25) is 9.78 Å². The van der Waals surface area contributed by atoms with Gasteiger partial charge in [-0.1, -0.05) is 6.07 Å².